The lowest BCUT2D eigenvalue weighted by molar-refractivity contribution is 1.17. The van der Waals surface area contributed by atoms with Crippen molar-refractivity contribution in [2.75, 3.05) is 0 Å². The summed E-state index contributed by atoms with van der Waals surface area (Å²) in [6.45, 7) is 6.39. The highest BCUT2D eigenvalue weighted by molar-refractivity contribution is 6.29. The summed E-state index contributed by atoms with van der Waals surface area (Å²) in [5, 5.41) is 4.98. The molecular formula is C47H34N2. The second kappa shape index (κ2) is 11.7. The number of hydrogen-bond acceptors (Lipinski definition) is 0. The molecule has 0 saturated heterocycles. The Labute approximate surface area is 286 Å². The molecule has 0 atom stereocenters. The summed E-state index contributed by atoms with van der Waals surface area (Å²) in [7, 11) is 0. The van der Waals surface area contributed by atoms with Gasteiger partial charge in [0.1, 0.15) is 0 Å². The Morgan fingerprint density at radius 1 is 0.449 bits per heavy atom. The highest BCUT2D eigenvalue weighted by atomic mass is 15.0. The predicted molar refractivity (Wildman–Crippen MR) is 211 cm³/mol. The molecule has 49 heavy (non-hydrogen) atoms. The van der Waals surface area contributed by atoms with Gasteiger partial charge in [-0.25, -0.2) is 0 Å². The fourth-order valence-corrected chi connectivity index (χ4v) is 7.65. The zero-order chi connectivity index (χ0) is 32.9. The Kier molecular flexibility index (Phi) is 6.88. The molecule has 0 unspecified atom stereocenters. The molecule has 2 heterocycles. The molecule has 9 rings (SSSR count). The van der Waals surface area contributed by atoms with E-state index in [1.807, 2.05) is 6.08 Å². The highest BCUT2D eigenvalue weighted by Gasteiger charge is 2.22. The Morgan fingerprint density at radius 2 is 0.959 bits per heavy atom. The molecule has 0 aliphatic carbocycles. The first-order valence-electron chi connectivity index (χ1n) is 16.9. The van der Waals surface area contributed by atoms with Gasteiger partial charge in [-0.15, -0.1) is 0 Å². The monoisotopic (exact) mass is 626 g/mol. The van der Waals surface area contributed by atoms with Gasteiger partial charge in [-0.05, 0) is 77.2 Å². The van der Waals surface area contributed by atoms with E-state index in [9.17, 15) is 0 Å². The SMILES string of the molecule is C=Cc1c(/C=C\C)ccc2c3c4c5ccccc5n(-c5ccc(-c6ccccc6)cc5)c4ccc3n(-c3ccc(-c4ccccc4)cc3)c12. The number of rotatable bonds is 6. The summed E-state index contributed by atoms with van der Waals surface area (Å²) in [6.07, 6.45) is 6.29. The molecule has 9 aromatic rings. The van der Waals surface area contributed by atoms with Crippen molar-refractivity contribution in [1.82, 2.24) is 9.13 Å². The molecule has 0 bridgehead atoms. The van der Waals surface area contributed by atoms with Gasteiger partial charge in [0.15, 0.2) is 0 Å². The van der Waals surface area contributed by atoms with Gasteiger partial charge in [0, 0.05) is 38.5 Å². The van der Waals surface area contributed by atoms with E-state index in [0.29, 0.717) is 0 Å². The van der Waals surface area contributed by atoms with Gasteiger partial charge >= 0.3 is 0 Å². The van der Waals surface area contributed by atoms with Gasteiger partial charge < -0.3 is 9.13 Å². The van der Waals surface area contributed by atoms with E-state index in [-0.39, 0.29) is 0 Å². The van der Waals surface area contributed by atoms with Crippen LogP contribution in [-0.2, 0) is 0 Å². The number of hydrogen-bond donors (Lipinski definition) is 0. The van der Waals surface area contributed by atoms with Crippen molar-refractivity contribution >= 4 is 55.8 Å². The van der Waals surface area contributed by atoms with E-state index >= 15 is 0 Å². The minimum Gasteiger partial charge on any atom is -0.309 e. The number of nitrogens with zero attached hydrogens (tertiary/aromatic N) is 2. The third-order valence-corrected chi connectivity index (χ3v) is 9.82. The first kappa shape index (κ1) is 28.8. The first-order chi connectivity index (χ1) is 24.2. The van der Waals surface area contributed by atoms with Crippen LogP contribution < -0.4 is 0 Å². The van der Waals surface area contributed by atoms with Gasteiger partial charge in [0.25, 0.3) is 0 Å². The van der Waals surface area contributed by atoms with Crippen LogP contribution in [0.25, 0.3) is 89.4 Å². The van der Waals surface area contributed by atoms with Crippen LogP contribution in [0, 0.1) is 0 Å². The number of aromatic nitrogens is 2. The number of para-hydroxylation sites is 1. The van der Waals surface area contributed by atoms with Crippen LogP contribution in [0.1, 0.15) is 18.1 Å². The largest absolute Gasteiger partial charge is 0.309 e. The Morgan fingerprint density at radius 3 is 1.55 bits per heavy atom. The second-order valence-electron chi connectivity index (χ2n) is 12.5. The number of fused-ring (bicyclic) bond motifs is 7. The summed E-state index contributed by atoms with van der Waals surface area (Å²) in [4.78, 5) is 0. The van der Waals surface area contributed by atoms with Crippen LogP contribution in [0.15, 0.2) is 170 Å². The molecule has 0 radical (unpaired) electrons. The van der Waals surface area contributed by atoms with Crippen LogP contribution in [0.5, 0.6) is 0 Å². The van der Waals surface area contributed by atoms with E-state index in [1.54, 1.807) is 0 Å². The highest BCUT2D eigenvalue weighted by Crippen LogP contribution is 2.44. The molecular weight excluding hydrogens is 593 g/mol. The van der Waals surface area contributed by atoms with E-state index < -0.39 is 0 Å². The van der Waals surface area contributed by atoms with Crippen molar-refractivity contribution in [2.45, 2.75) is 6.92 Å². The zero-order valence-electron chi connectivity index (χ0n) is 27.3. The topological polar surface area (TPSA) is 9.86 Å². The van der Waals surface area contributed by atoms with Gasteiger partial charge in [-0.3, -0.25) is 0 Å². The zero-order valence-corrected chi connectivity index (χ0v) is 27.3. The molecule has 232 valence electrons. The van der Waals surface area contributed by atoms with Crippen molar-refractivity contribution in [2.24, 2.45) is 0 Å². The maximum Gasteiger partial charge on any atom is 0.0619 e. The van der Waals surface area contributed by atoms with Crippen LogP contribution in [0.3, 0.4) is 0 Å². The van der Waals surface area contributed by atoms with Gasteiger partial charge in [-0.2, -0.15) is 0 Å². The fraction of sp³-hybridized carbons (Fsp3) is 0.0213. The average molecular weight is 627 g/mol. The van der Waals surface area contributed by atoms with Crippen molar-refractivity contribution in [3.05, 3.63) is 182 Å². The van der Waals surface area contributed by atoms with Crippen LogP contribution in [0.4, 0.5) is 0 Å². The smallest absolute Gasteiger partial charge is 0.0619 e. The van der Waals surface area contributed by atoms with Crippen LogP contribution in [-0.4, -0.2) is 9.13 Å². The van der Waals surface area contributed by atoms with Crippen molar-refractivity contribution in [1.29, 1.82) is 0 Å². The molecule has 0 N–H and O–H groups in total. The summed E-state index contributed by atoms with van der Waals surface area (Å²) in [5.74, 6) is 0. The van der Waals surface area contributed by atoms with Crippen molar-refractivity contribution < 1.29 is 0 Å². The van der Waals surface area contributed by atoms with Crippen LogP contribution in [0.2, 0.25) is 0 Å². The summed E-state index contributed by atoms with van der Waals surface area (Å²) in [6, 6.07) is 57.0. The quantitative estimate of drug-likeness (QED) is 0.174. The summed E-state index contributed by atoms with van der Waals surface area (Å²) in [5.41, 5.74) is 14.1. The average Bonchev–Trinajstić information content (AvgIpc) is 3.69. The number of benzene rings is 7. The third kappa shape index (κ3) is 4.57. The van der Waals surface area contributed by atoms with Gasteiger partial charge in [0.2, 0.25) is 0 Å². The van der Waals surface area contributed by atoms with Crippen LogP contribution >= 0.6 is 0 Å². The molecule has 0 aliphatic rings. The number of allylic oxidation sites excluding steroid dienone is 1. The summed E-state index contributed by atoms with van der Waals surface area (Å²) < 4.78 is 4.85. The molecule has 7 aromatic carbocycles. The Bertz CT molecular complexity index is 2690. The molecule has 2 heteroatoms. The van der Waals surface area contributed by atoms with Crippen molar-refractivity contribution in [3.8, 4) is 33.6 Å². The lowest BCUT2D eigenvalue weighted by Gasteiger charge is -2.13. The maximum absolute atomic E-state index is 4.32. The minimum atomic E-state index is 1.12. The lowest BCUT2D eigenvalue weighted by atomic mass is 10.00. The van der Waals surface area contributed by atoms with E-state index in [1.165, 1.54) is 65.9 Å². The first-order valence-corrected chi connectivity index (χ1v) is 16.9. The molecule has 2 nitrogen and oxygen atoms in total. The lowest BCUT2D eigenvalue weighted by Crippen LogP contribution is -1.97. The summed E-state index contributed by atoms with van der Waals surface area (Å²) >= 11 is 0. The van der Waals surface area contributed by atoms with Gasteiger partial charge in [0.05, 0.1) is 22.1 Å². The Balaban J connectivity index is 1.35. The molecule has 0 fully saturated rings. The standard InChI is InChI=1S/C47H34N2/c1-3-13-36-24-29-41-46-44(49(47(41)39(36)4-2)38-27-22-35(23-28-38)33-16-9-6-10-17-33)31-30-43-45(46)40-18-11-12-19-42(40)48(43)37-25-20-34(21-26-37)32-14-7-5-8-15-32/h3-31H,2H2,1H3/b13-3-. The van der Waals surface area contributed by atoms with Crippen molar-refractivity contribution in [3.63, 3.8) is 0 Å². The molecule has 0 amide bonds. The second-order valence-corrected chi connectivity index (χ2v) is 12.5. The van der Waals surface area contributed by atoms with E-state index in [0.717, 1.165) is 22.5 Å². The van der Waals surface area contributed by atoms with Gasteiger partial charge in [-0.1, -0.05) is 140 Å². The minimum absolute atomic E-state index is 1.12. The van der Waals surface area contributed by atoms with E-state index in [2.05, 4.69) is 193 Å². The van der Waals surface area contributed by atoms with E-state index in [4.69, 9.17) is 0 Å². The molecule has 0 saturated carbocycles. The molecule has 0 aliphatic heterocycles. The normalized spacial score (nSPS) is 11.8. The molecule has 2 aromatic heterocycles. The Hall–Kier alpha value is -6.38. The molecule has 0 spiro atoms. The maximum atomic E-state index is 4.32. The third-order valence-electron chi connectivity index (χ3n) is 9.82. The predicted octanol–water partition coefficient (Wildman–Crippen LogP) is 12.9. The fourth-order valence-electron chi connectivity index (χ4n) is 7.65.